The smallest absolute Gasteiger partial charge is 0.167 e. The normalized spacial score (nSPS) is 29.3. The van der Waals surface area contributed by atoms with Gasteiger partial charge in [-0.1, -0.05) is 29.8 Å². The maximum Gasteiger partial charge on any atom is 0.167 e. The highest BCUT2D eigenvalue weighted by Gasteiger charge is 2.56. The molecule has 5 heterocycles. The number of imidazole rings is 1. The molecule has 178 valence electrons. The zero-order valence-corrected chi connectivity index (χ0v) is 19.7. The Morgan fingerprint density at radius 2 is 1.85 bits per heavy atom. The maximum absolute atomic E-state index is 6.72. The second kappa shape index (κ2) is 7.58. The molecule has 0 unspecified atom stereocenters. The third kappa shape index (κ3) is 3.34. The van der Waals surface area contributed by atoms with Gasteiger partial charge in [0.15, 0.2) is 17.7 Å². The Kier molecular flexibility index (Phi) is 4.83. The Labute approximate surface area is 197 Å². The predicted molar refractivity (Wildman–Crippen MR) is 120 cm³/mol. The highest BCUT2D eigenvalue weighted by Crippen LogP contribution is 2.44. The van der Waals surface area contributed by atoms with Crippen molar-refractivity contribution in [2.24, 2.45) is 5.73 Å². The Morgan fingerprint density at radius 3 is 2.59 bits per heavy atom. The standard InChI is InChI=1S/C24H28N6O4/c1-13-15(14(2)34-29-13)7-8-16-18-19(33-23(3,4)32-18)22(31-16)30-12-28-17-20(26-11-27-21(17)30)24(25)9-5-6-10-24/h11-12,16,18-19,22H,5-6,9-10,25H2,1-4H3/t16-,18-,19-,22-/m1/s1. The lowest BCUT2D eigenvalue weighted by molar-refractivity contribution is -0.190. The number of hydrogen-bond acceptors (Lipinski definition) is 9. The van der Waals surface area contributed by atoms with Gasteiger partial charge in [-0.15, -0.1) is 0 Å². The Balaban J connectivity index is 1.38. The fraction of sp³-hybridized carbons (Fsp3) is 0.583. The van der Waals surface area contributed by atoms with E-state index in [9.17, 15) is 0 Å². The largest absolute Gasteiger partial charge is 0.360 e. The van der Waals surface area contributed by atoms with E-state index in [1.165, 1.54) is 0 Å². The van der Waals surface area contributed by atoms with Crippen LogP contribution >= 0.6 is 0 Å². The lowest BCUT2D eigenvalue weighted by Gasteiger charge is -2.24. The number of aromatic nitrogens is 5. The Morgan fingerprint density at radius 1 is 1.09 bits per heavy atom. The van der Waals surface area contributed by atoms with Crippen molar-refractivity contribution < 1.29 is 18.7 Å². The highest BCUT2D eigenvalue weighted by molar-refractivity contribution is 5.74. The van der Waals surface area contributed by atoms with Crippen LogP contribution in [0.15, 0.2) is 17.2 Å². The van der Waals surface area contributed by atoms with Crippen molar-refractivity contribution >= 4 is 11.2 Å². The minimum atomic E-state index is -0.762. The number of hydrogen-bond donors (Lipinski definition) is 1. The van der Waals surface area contributed by atoms with Gasteiger partial charge in [0.1, 0.15) is 35.9 Å². The zero-order valence-electron chi connectivity index (χ0n) is 19.7. The number of nitrogens with two attached hydrogens (primary N) is 1. The molecular formula is C24H28N6O4. The fourth-order valence-electron chi connectivity index (χ4n) is 5.37. The van der Waals surface area contributed by atoms with E-state index < -0.39 is 23.7 Å². The molecule has 3 aliphatic rings. The van der Waals surface area contributed by atoms with Crippen molar-refractivity contribution in [2.75, 3.05) is 0 Å². The molecule has 0 bridgehead atoms. The second-order valence-electron chi connectivity index (χ2n) is 9.89. The molecule has 10 nitrogen and oxygen atoms in total. The van der Waals surface area contributed by atoms with Gasteiger partial charge < -0.3 is 24.5 Å². The van der Waals surface area contributed by atoms with Crippen LogP contribution in [-0.2, 0) is 19.7 Å². The van der Waals surface area contributed by atoms with Crippen molar-refractivity contribution in [1.82, 2.24) is 24.7 Å². The predicted octanol–water partition coefficient (Wildman–Crippen LogP) is 2.63. The van der Waals surface area contributed by atoms with Crippen LogP contribution in [0.2, 0.25) is 0 Å². The molecule has 2 N–H and O–H groups in total. The summed E-state index contributed by atoms with van der Waals surface area (Å²) in [7, 11) is 0. The number of rotatable bonds is 2. The molecule has 3 aromatic rings. The minimum absolute atomic E-state index is 0.373. The van der Waals surface area contributed by atoms with E-state index in [0.29, 0.717) is 16.9 Å². The molecule has 1 aliphatic carbocycles. The summed E-state index contributed by atoms with van der Waals surface area (Å²) in [5.41, 5.74) is 9.91. The molecule has 6 rings (SSSR count). The van der Waals surface area contributed by atoms with E-state index in [1.807, 2.05) is 32.3 Å². The summed E-state index contributed by atoms with van der Waals surface area (Å²) in [4.78, 5) is 13.7. The lowest BCUT2D eigenvalue weighted by Crippen LogP contribution is -2.34. The van der Waals surface area contributed by atoms with Crippen LogP contribution in [-0.4, -0.2) is 48.8 Å². The number of aryl methyl sites for hydroxylation is 2. The quantitative estimate of drug-likeness (QED) is 0.570. The molecule has 0 radical (unpaired) electrons. The maximum atomic E-state index is 6.72. The summed E-state index contributed by atoms with van der Waals surface area (Å²) in [5, 5.41) is 3.98. The third-order valence-electron chi connectivity index (χ3n) is 7.00. The first-order valence-corrected chi connectivity index (χ1v) is 11.7. The molecule has 0 amide bonds. The van der Waals surface area contributed by atoms with E-state index in [4.69, 9.17) is 24.5 Å². The summed E-state index contributed by atoms with van der Waals surface area (Å²) < 4.78 is 26.0. The molecule has 1 saturated carbocycles. The summed E-state index contributed by atoms with van der Waals surface area (Å²) in [6.45, 7) is 7.49. The van der Waals surface area contributed by atoms with Crippen LogP contribution in [0, 0.1) is 25.7 Å². The van der Waals surface area contributed by atoms with Crippen LogP contribution in [0.25, 0.3) is 11.2 Å². The summed E-state index contributed by atoms with van der Waals surface area (Å²) in [5.74, 6) is 6.29. The van der Waals surface area contributed by atoms with Gasteiger partial charge in [0.05, 0.1) is 28.8 Å². The van der Waals surface area contributed by atoms with Gasteiger partial charge in [0.25, 0.3) is 0 Å². The van der Waals surface area contributed by atoms with Crippen molar-refractivity contribution in [3.63, 3.8) is 0 Å². The molecule has 34 heavy (non-hydrogen) atoms. The average molecular weight is 465 g/mol. The SMILES string of the molecule is Cc1noc(C)c1C#C[C@H]1O[C@@H](n2cnc3c(C4(N)CCCC4)ncnc32)[C@@H]2OC(C)(C)O[C@@H]21. The Bertz CT molecular complexity index is 1290. The van der Waals surface area contributed by atoms with Crippen molar-refractivity contribution in [3.05, 3.63) is 35.4 Å². The van der Waals surface area contributed by atoms with Crippen LogP contribution in [0.3, 0.4) is 0 Å². The van der Waals surface area contributed by atoms with Crippen LogP contribution in [0.4, 0.5) is 0 Å². The van der Waals surface area contributed by atoms with Crippen molar-refractivity contribution in [2.45, 2.75) is 89.2 Å². The van der Waals surface area contributed by atoms with Crippen molar-refractivity contribution in [1.29, 1.82) is 0 Å². The highest BCUT2D eigenvalue weighted by atomic mass is 16.8. The number of fused-ring (bicyclic) bond motifs is 2. The van der Waals surface area contributed by atoms with Gasteiger partial charge in [-0.25, -0.2) is 15.0 Å². The molecule has 0 aromatic carbocycles. The van der Waals surface area contributed by atoms with E-state index >= 15 is 0 Å². The third-order valence-corrected chi connectivity index (χ3v) is 7.00. The van der Waals surface area contributed by atoms with E-state index in [-0.39, 0.29) is 12.2 Å². The monoisotopic (exact) mass is 464 g/mol. The van der Waals surface area contributed by atoms with Crippen LogP contribution in [0.1, 0.15) is 68.5 Å². The molecule has 2 aliphatic heterocycles. The van der Waals surface area contributed by atoms with E-state index in [1.54, 1.807) is 12.7 Å². The molecule has 10 heteroatoms. The molecule has 2 saturated heterocycles. The van der Waals surface area contributed by atoms with Crippen LogP contribution in [0.5, 0.6) is 0 Å². The molecule has 3 aromatic heterocycles. The summed E-state index contributed by atoms with van der Waals surface area (Å²) >= 11 is 0. The fourth-order valence-corrected chi connectivity index (χ4v) is 5.37. The van der Waals surface area contributed by atoms with Gasteiger partial charge in [-0.2, -0.15) is 0 Å². The van der Waals surface area contributed by atoms with E-state index in [0.717, 1.165) is 42.6 Å². The average Bonchev–Trinajstić information content (AvgIpc) is 3.59. The van der Waals surface area contributed by atoms with Gasteiger partial charge in [0, 0.05) is 0 Å². The molecule has 4 atom stereocenters. The summed E-state index contributed by atoms with van der Waals surface area (Å²) in [6.07, 6.45) is 5.45. The van der Waals surface area contributed by atoms with Gasteiger partial charge in [-0.05, 0) is 40.5 Å². The van der Waals surface area contributed by atoms with Gasteiger partial charge in [0.2, 0.25) is 0 Å². The molecule has 3 fully saturated rings. The first kappa shape index (κ1) is 21.7. The summed E-state index contributed by atoms with van der Waals surface area (Å²) in [6, 6.07) is 0. The number of ether oxygens (including phenoxy) is 3. The zero-order chi connectivity index (χ0) is 23.7. The van der Waals surface area contributed by atoms with Crippen LogP contribution < -0.4 is 5.73 Å². The number of nitrogens with zero attached hydrogens (tertiary/aromatic N) is 5. The van der Waals surface area contributed by atoms with Crippen molar-refractivity contribution in [3.8, 4) is 11.8 Å². The first-order valence-electron chi connectivity index (χ1n) is 11.7. The van der Waals surface area contributed by atoms with E-state index in [2.05, 4.69) is 31.9 Å². The Hall–Kier alpha value is -2.84. The second-order valence-corrected chi connectivity index (χ2v) is 9.89. The van der Waals surface area contributed by atoms with Gasteiger partial charge >= 0.3 is 0 Å². The molecule has 0 spiro atoms. The minimum Gasteiger partial charge on any atom is -0.360 e. The molecular weight excluding hydrogens is 436 g/mol. The van der Waals surface area contributed by atoms with Gasteiger partial charge in [-0.3, -0.25) is 4.57 Å². The lowest BCUT2D eigenvalue weighted by atomic mass is 9.94. The topological polar surface area (TPSA) is 123 Å². The first-order chi connectivity index (χ1) is 16.3.